The molecule has 0 unspecified atom stereocenters. The van der Waals surface area contributed by atoms with Crippen molar-refractivity contribution in [1.82, 2.24) is 0 Å². The van der Waals surface area contributed by atoms with Crippen molar-refractivity contribution in [2.75, 3.05) is 12.4 Å². The zero-order chi connectivity index (χ0) is 16.6. The summed E-state index contributed by atoms with van der Waals surface area (Å²) >= 11 is 0. The maximum Gasteiger partial charge on any atom is 0.335 e. The lowest BCUT2D eigenvalue weighted by molar-refractivity contribution is 0.0697. The van der Waals surface area contributed by atoms with Gasteiger partial charge in [0.1, 0.15) is 5.71 Å². The standard InChI is InChI=1S/C16H17N5O2/c1-8-11-6-3-9(15(22)23)7-12(11)20-14(19-10-4-5-10)13(8)21-16(17)18-2/h3,6-7,10H,1,4-5H2,2H3,(H2,17,18)(H,19,20)(H,22,23). The van der Waals surface area contributed by atoms with Crippen molar-refractivity contribution in [3.8, 4) is 0 Å². The summed E-state index contributed by atoms with van der Waals surface area (Å²) < 4.78 is 0. The predicted molar refractivity (Wildman–Crippen MR) is 91.5 cm³/mol. The quantitative estimate of drug-likeness (QED) is 0.570. The van der Waals surface area contributed by atoms with Crippen LogP contribution in [0.5, 0.6) is 0 Å². The van der Waals surface area contributed by atoms with Crippen molar-refractivity contribution >= 4 is 34.7 Å². The molecule has 0 bridgehead atoms. The molecule has 1 aliphatic carbocycles. The molecule has 0 aromatic heterocycles. The zero-order valence-electron chi connectivity index (χ0n) is 12.7. The average Bonchev–Trinajstić information content (AvgIpc) is 3.34. The monoisotopic (exact) mass is 311 g/mol. The Labute approximate surface area is 133 Å². The van der Waals surface area contributed by atoms with Crippen LogP contribution in [0, 0.1) is 0 Å². The molecule has 0 radical (unpaired) electrons. The summed E-state index contributed by atoms with van der Waals surface area (Å²) in [5.41, 5.74) is 8.52. The smallest absolute Gasteiger partial charge is 0.335 e. The zero-order valence-corrected chi connectivity index (χ0v) is 12.7. The van der Waals surface area contributed by atoms with Crippen LogP contribution in [0.25, 0.3) is 5.57 Å². The minimum Gasteiger partial charge on any atom is -0.478 e. The number of carbonyl (C=O) groups is 1. The number of carboxylic acid groups (broad SMARTS) is 1. The second-order valence-electron chi connectivity index (χ2n) is 5.42. The molecule has 1 fully saturated rings. The summed E-state index contributed by atoms with van der Waals surface area (Å²) in [6.45, 7) is 4.07. The van der Waals surface area contributed by atoms with Gasteiger partial charge in [0.05, 0.1) is 11.6 Å². The normalized spacial score (nSPS) is 21.3. The van der Waals surface area contributed by atoms with Gasteiger partial charge in [0.15, 0.2) is 5.84 Å². The summed E-state index contributed by atoms with van der Waals surface area (Å²) in [7, 11) is 1.56. The lowest BCUT2D eigenvalue weighted by Gasteiger charge is -2.24. The number of amidine groups is 1. The number of rotatable bonds is 2. The fourth-order valence-electron chi connectivity index (χ4n) is 2.27. The molecule has 7 heteroatoms. The molecular formula is C16H17N5O2. The third-order valence-corrected chi connectivity index (χ3v) is 3.67. The highest BCUT2D eigenvalue weighted by molar-refractivity contribution is 6.63. The Bertz CT molecular complexity index is 788. The van der Waals surface area contributed by atoms with Crippen LogP contribution in [0.2, 0.25) is 0 Å². The highest BCUT2D eigenvalue weighted by Crippen LogP contribution is 2.32. The molecule has 7 nitrogen and oxygen atoms in total. The van der Waals surface area contributed by atoms with Crippen LogP contribution in [0.1, 0.15) is 28.8 Å². The maximum absolute atomic E-state index is 11.1. The first kappa shape index (κ1) is 15.0. The van der Waals surface area contributed by atoms with E-state index in [4.69, 9.17) is 10.8 Å². The second kappa shape index (κ2) is 5.68. The van der Waals surface area contributed by atoms with Crippen LogP contribution in [0.15, 0.2) is 39.8 Å². The maximum atomic E-state index is 11.1. The fraction of sp³-hybridized carbons (Fsp3) is 0.250. The molecule has 0 amide bonds. The summed E-state index contributed by atoms with van der Waals surface area (Å²) in [6.07, 6.45) is 2.06. The highest BCUT2D eigenvalue weighted by atomic mass is 16.4. The van der Waals surface area contributed by atoms with Crippen molar-refractivity contribution in [3.05, 3.63) is 35.9 Å². The number of carboxylic acids is 1. The summed E-state index contributed by atoms with van der Waals surface area (Å²) in [5, 5.41) is 12.3. The third-order valence-electron chi connectivity index (χ3n) is 3.67. The van der Waals surface area contributed by atoms with Crippen LogP contribution in [-0.2, 0) is 0 Å². The van der Waals surface area contributed by atoms with E-state index in [0.717, 1.165) is 18.4 Å². The first-order valence-corrected chi connectivity index (χ1v) is 7.22. The van der Waals surface area contributed by atoms with Gasteiger partial charge in [-0.15, -0.1) is 0 Å². The highest BCUT2D eigenvalue weighted by Gasteiger charge is 2.28. The molecule has 1 aromatic carbocycles. The molecule has 1 saturated carbocycles. The number of nitrogens with one attached hydrogen (secondary N) is 1. The van der Waals surface area contributed by atoms with Crippen LogP contribution in [0.3, 0.4) is 0 Å². The van der Waals surface area contributed by atoms with E-state index in [2.05, 4.69) is 26.9 Å². The van der Waals surface area contributed by atoms with Crippen molar-refractivity contribution < 1.29 is 9.90 Å². The molecule has 0 atom stereocenters. The number of nitrogens with zero attached hydrogens (tertiary/aromatic N) is 3. The van der Waals surface area contributed by atoms with E-state index in [1.54, 1.807) is 19.2 Å². The first-order chi connectivity index (χ1) is 11.0. The molecule has 1 heterocycles. The van der Waals surface area contributed by atoms with Crippen molar-refractivity contribution in [3.63, 3.8) is 0 Å². The van der Waals surface area contributed by atoms with Crippen molar-refractivity contribution in [1.29, 1.82) is 0 Å². The Morgan fingerprint density at radius 3 is 2.78 bits per heavy atom. The van der Waals surface area contributed by atoms with Crippen LogP contribution in [0.4, 0.5) is 5.69 Å². The van der Waals surface area contributed by atoms with Gasteiger partial charge in [-0.2, -0.15) is 0 Å². The summed E-state index contributed by atoms with van der Waals surface area (Å²) in [6, 6.07) is 5.07. The molecule has 2 aliphatic rings. The number of guanidine groups is 1. The second-order valence-corrected chi connectivity index (χ2v) is 5.42. The van der Waals surface area contributed by atoms with Crippen molar-refractivity contribution in [2.45, 2.75) is 18.9 Å². The van der Waals surface area contributed by atoms with Gasteiger partial charge in [-0.1, -0.05) is 12.6 Å². The molecule has 4 N–H and O–H groups in total. The Kier molecular flexibility index (Phi) is 3.69. The van der Waals surface area contributed by atoms with Crippen LogP contribution >= 0.6 is 0 Å². The number of aliphatic imine (C=N–C) groups is 3. The van der Waals surface area contributed by atoms with Gasteiger partial charge in [0.25, 0.3) is 0 Å². The predicted octanol–water partition coefficient (Wildman–Crippen LogP) is 1.77. The SMILES string of the molecule is C=C1C(=NC(N)=NC)C(=NC2CC2)Nc2cc(C(=O)O)ccc21. The van der Waals surface area contributed by atoms with E-state index in [9.17, 15) is 4.79 Å². The Morgan fingerprint density at radius 1 is 1.43 bits per heavy atom. The Balaban J connectivity index is 2.10. The molecule has 0 spiro atoms. The number of anilines is 1. The molecule has 1 aromatic rings. The van der Waals surface area contributed by atoms with E-state index in [1.165, 1.54) is 6.07 Å². The molecule has 3 rings (SSSR count). The average molecular weight is 311 g/mol. The van der Waals surface area contributed by atoms with E-state index in [0.29, 0.717) is 22.8 Å². The molecule has 1 aliphatic heterocycles. The van der Waals surface area contributed by atoms with Gasteiger partial charge in [-0.3, -0.25) is 9.98 Å². The lowest BCUT2D eigenvalue weighted by Crippen LogP contribution is -2.32. The number of aromatic carboxylic acids is 1. The number of fused-ring (bicyclic) bond motifs is 1. The molecule has 23 heavy (non-hydrogen) atoms. The van der Waals surface area contributed by atoms with E-state index < -0.39 is 5.97 Å². The van der Waals surface area contributed by atoms with Crippen molar-refractivity contribution in [2.24, 2.45) is 20.7 Å². The number of benzene rings is 1. The number of nitrogens with two attached hydrogens (primary N) is 1. The molecular weight excluding hydrogens is 294 g/mol. The number of hydrogen-bond donors (Lipinski definition) is 3. The minimum atomic E-state index is -0.984. The molecule has 0 saturated heterocycles. The van der Waals surface area contributed by atoms with Gasteiger partial charge in [-0.05, 0) is 25.0 Å². The minimum absolute atomic E-state index is 0.136. The van der Waals surface area contributed by atoms with Gasteiger partial charge in [-0.25, -0.2) is 9.79 Å². The van der Waals surface area contributed by atoms with Crippen LogP contribution in [-0.4, -0.2) is 41.7 Å². The summed E-state index contributed by atoms with van der Waals surface area (Å²) in [4.78, 5) is 23.9. The van der Waals surface area contributed by atoms with E-state index in [-0.39, 0.29) is 17.6 Å². The Morgan fingerprint density at radius 2 is 2.17 bits per heavy atom. The van der Waals surface area contributed by atoms with Crippen LogP contribution < -0.4 is 11.1 Å². The topological polar surface area (TPSA) is 112 Å². The fourth-order valence-corrected chi connectivity index (χ4v) is 2.27. The van der Waals surface area contributed by atoms with Gasteiger partial charge in [0.2, 0.25) is 5.96 Å². The van der Waals surface area contributed by atoms with E-state index >= 15 is 0 Å². The Hall–Kier alpha value is -2.96. The summed E-state index contributed by atoms with van der Waals surface area (Å²) in [5.74, 6) is -0.293. The largest absolute Gasteiger partial charge is 0.478 e. The number of hydrogen-bond acceptors (Lipinski definition) is 3. The third kappa shape index (κ3) is 2.98. The van der Waals surface area contributed by atoms with E-state index in [1.807, 2.05) is 0 Å². The first-order valence-electron chi connectivity index (χ1n) is 7.22. The van der Waals surface area contributed by atoms with Gasteiger partial charge >= 0.3 is 5.97 Å². The molecule has 118 valence electrons. The van der Waals surface area contributed by atoms with Gasteiger partial charge < -0.3 is 16.2 Å². The lowest BCUT2D eigenvalue weighted by atomic mass is 9.94. The van der Waals surface area contributed by atoms with Gasteiger partial charge in [0, 0.05) is 23.9 Å².